The molecular formula is C14H14N6S. The number of aromatic nitrogens is 6. The Bertz CT molecular complexity index is 961. The van der Waals surface area contributed by atoms with Crippen molar-refractivity contribution >= 4 is 27.2 Å². The summed E-state index contributed by atoms with van der Waals surface area (Å²) in [6, 6.07) is 1.94. The highest BCUT2D eigenvalue weighted by atomic mass is 32.1. The molecule has 0 fully saturated rings. The lowest BCUT2D eigenvalue weighted by atomic mass is 10.2. The molecule has 0 aliphatic carbocycles. The number of hydrogen-bond donors (Lipinski definition) is 0. The lowest BCUT2D eigenvalue weighted by Crippen LogP contribution is -1.94. The maximum Gasteiger partial charge on any atom is 0.202 e. The first-order valence-corrected chi connectivity index (χ1v) is 7.64. The van der Waals surface area contributed by atoms with Gasteiger partial charge in [-0.3, -0.25) is 4.68 Å². The molecule has 0 amide bonds. The van der Waals surface area contributed by atoms with E-state index in [4.69, 9.17) is 0 Å². The summed E-state index contributed by atoms with van der Waals surface area (Å²) in [5.74, 6) is 0.639. The second-order valence-corrected chi connectivity index (χ2v) is 6.17. The van der Waals surface area contributed by atoms with E-state index in [1.807, 2.05) is 16.9 Å². The SMILES string of the molecule is CCn1ccc(-c2nc3c4c(C)c(C)sc4ncn3n2)n1. The van der Waals surface area contributed by atoms with Crippen LogP contribution in [0.3, 0.4) is 0 Å². The Balaban J connectivity index is 1.99. The van der Waals surface area contributed by atoms with Crippen molar-refractivity contribution in [1.82, 2.24) is 29.4 Å². The Labute approximate surface area is 125 Å². The van der Waals surface area contributed by atoms with Gasteiger partial charge in [-0.1, -0.05) is 0 Å². The number of aryl methyl sites for hydroxylation is 3. The standard InChI is InChI=1S/C14H14N6S/c1-4-19-6-5-10(17-19)12-16-13-11-8(2)9(3)21-14(11)15-7-20(13)18-12/h5-7H,4H2,1-3H3. The maximum atomic E-state index is 4.68. The minimum atomic E-state index is 0.639. The Morgan fingerprint density at radius 3 is 2.86 bits per heavy atom. The van der Waals surface area contributed by atoms with Crippen LogP contribution in [-0.2, 0) is 6.54 Å². The molecule has 0 atom stereocenters. The van der Waals surface area contributed by atoms with Gasteiger partial charge >= 0.3 is 0 Å². The molecule has 0 aromatic carbocycles. The third-order valence-corrected chi connectivity index (χ3v) is 4.81. The summed E-state index contributed by atoms with van der Waals surface area (Å²) in [5, 5.41) is 10.1. The van der Waals surface area contributed by atoms with Crippen LogP contribution >= 0.6 is 11.3 Å². The minimum Gasteiger partial charge on any atom is -0.272 e. The van der Waals surface area contributed by atoms with E-state index in [1.165, 1.54) is 10.4 Å². The van der Waals surface area contributed by atoms with E-state index in [9.17, 15) is 0 Å². The lowest BCUT2D eigenvalue weighted by Gasteiger charge is -1.93. The van der Waals surface area contributed by atoms with Crippen molar-refractivity contribution in [3.8, 4) is 11.5 Å². The van der Waals surface area contributed by atoms with Crippen molar-refractivity contribution in [2.75, 3.05) is 0 Å². The maximum absolute atomic E-state index is 4.68. The van der Waals surface area contributed by atoms with Gasteiger partial charge in [0.25, 0.3) is 0 Å². The van der Waals surface area contributed by atoms with E-state index in [0.29, 0.717) is 5.82 Å². The Morgan fingerprint density at radius 1 is 1.24 bits per heavy atom. The van der Waals surface area contributed by atoms with Gasteiger partial charge in [-0.05, 0) is 32.4 Å². The van der Waals surface area contributed by atoms with Crippen molar-refractivity contribution in [3.05, 3.63) is 29.0 Å². The van der Waals surface area contributed by atoms with Crippen molar-refractivity contribution in [2.45, 2.75) is 27.3 Å². The van der Waals surface area contributed by atoms with Crippen LogP contribution < -0.4 is 0 Å². The first kappa shape index (κ1) is 12.5. The van der Waals surface area contributed by atoms with Crippen molar-refractivity contribution in [3.63, 3.8) is 0 Å². The largest absolute Gasteiger partial charge is 0.272 e. The molecule has 0 spiro atoms. The molecule has 106 valence electrons. The fraction of sp³-hybridized carbons (Fsp3) is 0.286. The summed E-state index contributed by atoms with van der Waals surface area (Å²) in [5.41, 5.74) is 2.87. The van der Waals surface area contributed by atoms with Gasteiger partial charge in [0, 0.05) is 17.6 Å². The van der Waals surface area contributed by atoms with Crippen molar-refractivity contribution < 1.29 is 0 Å². The van der Waals surface area contributed by atoms with Gasteiger partial charge in [-0.15, -0.1) is 16.4 Å². The fourth-order valence-electron chi connectivity index (χ4n) is 2.41. The molecule has 4 rings (SSSR count). The summed E-state index contributed by atoms with van der Waals surface area (Å²) in [6.45, 7) is 7.11. The van der Waals surface area contributed by atoms with Gasteiger partial charge in [-0.2, -0.15) is 5.10 Å². The number of thiophene rings is 1. The zero-order valence-electron chi connectivity index (χ0n) is 12.0. The highest BCUT2D eigenvalue weighted by Crippen LogP contribution is 2.31. The highest BCUT2D eigenvalue weighted by Gasteiger charge is 2.15. The highest BCUT2D eigenvalue weighted by molar-refractivity contribution is 7.18. The molecule has 7 heteroatoms. The molecule has 21 heavy (non-hydrogen) atoms. The molecule has 0 aliphatic heterocycles. The van der Waals surface area contributed by atoms with E-state index in [0.717, 1.165) is 28.1 Å². The van der Waals surface area contributed by atoms with Gasteiger partial charge in [0.2, 0.25) is 5.82 Å². The predicted molar refractivity (Wildman–Crippen MR) is 82.5 cm³/mol. The quantitative estimate of drug-likeness (QED) is 0.571. The van der Waals surface area contributed by atoms with Crippen LogP contribution in [0, 0.1) is 13.8 Å². The second kappa shape index (κ2) is 4.36. The van der Waals surface area contributed by atoms with Crippen LogP contribution in [0.25, 0.3) is 27.4 Å². The topological polar surface area (TPSA) is 60.9 Å². The smallest absolute Gasteiger partial charge is 0.202 e. The van der Waals surface area contributed by atoms with Crippen LogP contribution in [0.4, 0.5) is 0 Å². The molecule has 0 radical (unpaired) electrons. The van der Waals surface area contributed by atoms with Crippen LogP contribution in [0.1, 0.15) is 17.4 Å². The molecule has 0 unspecified atom stereocenters. The van der Waals surface area contributed by atoms with E-state index in [2.05, 4.69) is 40.9 Å². The summed E-state index contributed by atoms with van der Waals surface area (Å²) in [7, 11) is 0. The third kappa shape index (κ3) is 1.77. The summed E-state index contributed by atoms with van der Waals surface area (Å²) in [6.07, 6.45) is 3.66. The lowest BCUT2D eigenvalue weighted by molar-refractivity contribution is 0.661. The van der Waals surface area contributed by atoms with Crippen molar-refractivity contribution in [2.24, 2.45) is 0 Å². The zero-order valence-corrected chi connectivity index (χ0v) is 12.8. The second-order valence-electron chi connectivity index (χ2n) is 4.97. The fourth-order valence-corrected chi connectivity index (χ4v) is 3.40. The molecule has 0 N–H and O–H groups in total. The average Bonchev–Trinajstić information content (AvgIpc) is 3.16. The van der Waals surface area contributed by atoms with Gasteiger partial charge < -0.3 is 0 Å². The molecular weight excluding hydrogens is 284 g/mol. The average molecular weight is 298 g/mol. The van der Waals surface area contributed by atoms with Crippen LogP contribution in [0.2, 0.25) is 0 Å². The number of nitrogens with zero attached hydrogens (tertiary/aromatic N) is 6. The monoisotopic (exact) mass is 298 g/mol. The summed E-state index contributed by atoms with van der Waals surface area (Å²) < 4.78 is 3.61. The van der Waals surface area contributed by atoms with E-state index in [-0.39, 0.29) is 0 Å². The molecule has 4 heterocycles. The third-order valence-electron chi connectivity index (χ3n) is 3.70. The van der Waals surface area contributed by atoms with Gasteiger partial charge in [0.05, 0.1) is 5.39 Å². The first-order chi connectivity index (χ1) is 10.2. The number of fused-ring (bicyclic) bond motifs is 3. The zero-order chi connectivity index (χ0) is 14.6. The van der Waals surface area contributed by atoms with Gasteiger partial charge in [-0.25, -0.2) is 14.5 Å². The molecule has 0 bridgehead atoms. The molecule has 6 nitrogen and oxygen atoms in total. The number of rotatable bonds is 2. The molecule has 0 aliphatic rings. The summed E-state index contributed by atoms with van der Waals surface area (Å²) in [4.78, 5) is 11.4. The van der Waals surface area contributed by atoms with E-state index in [1.54, 1.807) is 22.2 Å². The van der Waals surface area contributed by atoms with Crippen LogP contribution in [0.5, 0.6) is 0 Å². The molecule has 4 aromatic rings. The van der Waals surface area contributed by atoms with Crippen LogP contribution in [0.15, 0.2) is 18.6 Å². The molecule has 4 aromatic heterocycles. The van der Waals surface area contributed by atoms with Gasteiger partial charge in [0.15, 0.2) is 5.65 Å². The normalized spacial score (nSPS) is 11.8. The predicted octanol–water partition coefficient (Wildman–Crippen LogP) is 2.84. The van der Waals surface area contributed by atoms with E-state index >= 15 is 0 Å². The molecule has 0 saturated carbocycles. The van der Waals surface area contributed by atoms with Crippen molar-refractivity contribution in [1.29, 1.82) is 0 Å². The molecule has 0 saturated heterocycles. The number of hydrogen-bond acceptors (Lipinski definition) is 5. The minimum absolute atomic E-state index is 0.639. The van der Waals surface area contributed by atoms with Gasteiger partial charge in [0.1, 0.15) is 16.9 Å². The Hall–Kier alpha value is -2.28. The Morgan fingerprint density at radius 2 is 2.10 bits per heavy atom. The van der Waals surface area contributed by atoms with E-state index < -0.39 is 0 Å². The van der Waals surface area contributed by atoms with Crippen LogP contribution in [-0.4, -0.2) is 29.4 Å². The first-order valence-electron chi connectivity index (χ1n) is 6.82. The summed E-state index contributed by atoms with van der Waals surface area (Å²) >= 11 is 1.69. The Kier molecular flexibility index (Phi) is 2.58.